The molecular weight excluding hydrogens is 176 g/mol. The van der Waals surface area contributed by atoms with Crippen molar-refractivity contribution in [1.82, 2.24) is 10.6 Å². The quantitative estimate of drug-likeness (QED) is 0.624. The first kappa shape index (κ1) is 11.7. The van der Waals surface area contributed by atoms with Gasteiger partial charge in [0.1, 0.15) is 6.29 Å². The molecule has 0 spiro atoms. The molecule has 2 N–H and O–H groups in total. The number of aldehydes is 1. The molecule has 0 aromatic heterocycles. The number of carbonyl (C=O) groups excluding carboxylic acids is 1. The molecule has 0 aromatic carbocycles. The Bertz CT molecular complexity index is 165. The molecule has 0 aromatic rings. The smallest absolute Gasteiger partial charge is 0.120 e. The van der Waals surface area contributed by atoms with Crippen molar-refractivity contribution in [3.63, 3.8) is 0 Å². The first-order valence-corrected chi connectivity index (χ1v) is 5.62. The van der Waals surface area contributed by atoms with E-state index in [1.54, 1.807) is 0 Å². The Balaban J connectivity index is 2.43. The maximum atomic E-state index is 10.4. The average molecular weight is 198 g/mol. The van der Waals surface area contributed by atoms with E-state index in [-0.39, 0.29) is 0 Å². The molecule has 1 saturated heterocycles. The molecule has 1 aliphatic rings. The fourth-order valence-corrected chi connectivity index (χ4v) is 2.34. The molecule has 1 fully saturated rings. The zero-order chi connectivity index (χ0) is 10.3. The average Bonchev–Trinajstić information content (AvgIpc) is 2.25. The van der Waals surface area contributed by atoms with E-state index in [1.807, 2.05) is 7.05 Å². The Hall–Kier alpha value is -0.410. The highest BCUT2D eigenvalue weighted by atomic mass is 16.1. The third kappa shape index (κ3) is 3.39. The lowest BCUT2D eigenvalue weighted by molar-refractivity contribution is -0.108. The highest BCUT2D eigenvalue weighted by Crippen LogP contribution is 2.36. The van der Waals surface area contributed by atoms with Crippen LogP contribution in [0.15, 0.2) is 0 Å². The maximum absolute atomic E-state index is 10.4. The van der Waals surface area contributed by atoms with Gasteiger partial charge in [-0.2, -0.15) is 0 Å². The van der Waals surface area contributed by atoms with Crippen LogP contribution in [-0.2, 0) is 4.79 Å². The molecule has 3 heteroatoms. The summed E-state index contributed by atoms with van der Waals surface area (Å²) in [5.74, 6) is 0. The molecule has 0 radical (unpaired) electrons. The fraction of sp³-hybridized carbons (Fsp3) is 0.909. The summed E-state index contributed by atoms with van der Waals surface area (Å²) >= 11 is 0. The predicted octanol–water partition coefficient (Wildman–Crippen LogP) is 0.945. The van der Waals surface area contributed by atoms with Crippen molar-refractivity contribution < 1.29 is 4.79 Å². The van der Waals surface area contributed by atoms with E-state index in [2.05, 4.69) is 10.6 Å². The molecule has 1 heterocycles. The zero-order valence-corrected chi connectivity index (χ0v) is 9.14. The minimum atomic E-state index is 0.426. The number of carbonyl (C=O) groups is 1. The molecule has 0 bridgehead atoms. The Kier molecular flexibility index (Phi) is 5.12. The molecule has 82 valence electrons. The van der Waals surface area contributed by atoms with Gasteiger partial charge < -0.3 is 15.4 Å². The van der Waals surface area contributed by atoms with Gasteiger partial charge in [-0.3, -0.25) is 0 Å². The van der Waals surface area contributed by atoms with Crippen molar-refractivity contribution >= 4 is 6.29 Å². The summed E-state index contributed by atoms with van der Waals surface area (Å²) in [5, 5.41) is 6.59. The molecule has 14 heavy (non-hydrogen) atoms. The fourth-order valence-electron chi connectivity index (χ4n) is 2.34. The van der Waals surface area contributed by atoms with Crippen LogP contribution in [0.25, 0.3) is 0 Å². The molecule has 0 unspecified atom stereocenters. The van der Waals surface area contributed by atoms with E-state index >= 15 is 0 Å². The van der Waals surface area contributed by atoms with Gasteiger partial charge in [-0.25, -0.2) is 0 Å². The lowest BCUT2D eigenvalue weighted by Crippen LogP contribution is -2.38. The first-order chi connectivity index (χ1) is 6.83. The van der Waals surface area contributed by atoms with Gasteiger partial charge >= 0.3 is 0 Å². The highest BCUT2D eigenvalue weighted by molar-refractivity contribution is 5.49. The van der Waals surface area contributed by atoms with Gasteiger partial charge in [0.2, 0.25) is 0 Å². The van der Waals surface area contributed by atoms with Gasteiger partial charge in [0.15, 0.2) is 0 Å². The van der Waals surface area contributed by atoms with Crippen molar-refractivity contribution in [3.05, 3.63) is 0 Å². The Morgan fingerprint density at radius 1 is 1.36 bits per heavy atom. The standard InChI is InChI=1S/C11H22N2O/c1-12-7-4-11(3-2-10-14)5-8-13-9-6-11/h10,12-13H,2-9H2,1H3. The van der Waals surface area contributed by atoms with E-state index in [1.165, 1.54) is 19.3 Å². The van der Waals surface area contributed by atoms with Crippen LogP contribution in [0.1, 0.15) is 32.1 Å². The van der Waals surface area contributed by atoms with Crippen LogP contribution >= 0.6 is 0 Å². The van der Waals surface area contributed by atoms with Crippen LogP contribution < -0.4 is 10.6 Å². The maximum Gasteiger partial charge on any atom is 0.120 e. The van der Waals surface area contributed by atoms with E-state index in [0.29, 0.717) is 5.41 Å². The second kappa shape index (κ2) is 6.14. The molecule has 0 amide bonds. The second-order valence-electron chi connectivity index (χ2n) is 4.31. The van der Waals surface area contributed by atoms with Gasteiger partial charge in [0, 0.05) is 6.42 Å². The van der Waals surface area contributed by atoms with Crippen LogP contribution in [0, 0.1) is 5.41 Å². The monoisotopic (exact) mass is 198 g/mol. The van der Waals surface area contributed by atoms with Crippen molar-refractivity contribution in [1.29, 1.82) is 0 Å². The van der Waals surface area contributed by atoms with E-state index < -0.39 is 0 Å². The zero-order valence-electron chi connectivity index (χ0n) is 9.14. The summed E-state index contributed by atoms with van der Waals surface area (Å²) < 4.78 is 0. The lowest BCUT2D eigenvalue weighted by atomic mass is 9.73. The van der Waals surface area contributed by atoms with E-state index in [0.717, 1.165) is 38.8 Å². The number of piperidine rings is 1. The third-order valence-corrected chi connectivity index (χ3v) is 3.36. The third-order valence-electron chi connectivity index (χ3n) is 3.36. The van der Waals surface area contributed by atoms with Crippen molar-refractivity contribution in [2.45, 2.75) is 32.1 Å². The molecule has 0 atom stereocenters. The van der Waals surface area contributed by atoms with Gasteiger partial charge in [0.25, 0.3) is 0 Å². The number of hydrogen-bond acceptors (Lipinski definition) is 3. The Labute approximate surface area is 86.6 Å². The van der Waals surface area contributed by atoms with Crippen LogP contribution in [0.5, 0.6) is 0 Å². The first-order valence-electron chi connectivity index (χ1n) is 5.62. The second-order valence-corrected chi connectivity index (χ2v) is 4.31. The summed E-state index contributed by atoms with van der Waals surface area (Å²) in [5.41, 5.74) is 0.426. The van der Waals surface area contributed by atoms with Crippen LogP contribution in [0.3, 0.4) is 0 Å². The molecule has 0 aliphatic carbocycles. The van der Waals surface area contributed by atoms with Crippen molar-refractivity contribution in [2.24, 2.45) is 5.41 Å². The van der Waals surface area contributed by atoms with Crippen molar-refractivity contribution in [3.8, 4) is 0 Å². The minimum absolute atomic E-state index is 0.426. The normalized spacial score (nSPS) is 20.6. The number of hydrogen-bond donors (Lipinski definition) is 2. The number of rotatable bonds is 6. The molecule has 0 saturated carbocycles. The van der Waals surface area contributed by atoms with Crippen LogP contribution in [0.2, 0.25) is 0 Å². The molecular formula is C11H22N2O. The van der Waals surface area contributed by atoms with Crippen LogP contribution in [-0.4, -0.2) is 33.0 Å². The van der Waals surface area contributed by atoms with Gasteiger partial charge in [-0.05, 0) is 57.8 Å². The summed E-state index contributed by atoms with van der Waals surface area (Å²) in [6.07, 6.45) is 6.51. The van der Waals surface area contributed by atoms with Gasteiger partial charge in [-0.15, -0.1) is 0 Å². The van der Waals surface area contributed by atoms with E-state index in [4.69, 9.17) is 0 Å². The summed E-state index contributed by atoms with van der Waals surface area (Å²) in [6, 6.07) is 0. The topological polar surface area (TPSA) is 41.1 Å². The highest BCUT2D eigenvalue weighted by Gasteiger charge is 2.30. The largest absolute Gasteiger partial charge is 0.320 e. The van der Waals surface area contributed by atoms with Gasteiger partial charge in [0.05, 0.1) is 0 Å². The van der Waals surface area contributed by atoms with Crippen molar-refractivity contribution in [2.75, 3.05) is 26.7 Å². The molecule has 3 nitrogen and oxygen atoms in total. The molecule has 1 rings (SSSR count). The Morgan fingerprint density at radius 3 is 2.64 bits per heavy atom. The van der Waals surface area contributed by atoms with Gasteiger partial charge in [-0.1, -0.05) is 0 Å². The van der Waals surface area contributed by atoms with E-state index in [9.17, 15) is 4.79 Å². The summed E-state index contributed by atoms with van der Waals surface area (Å²) in [4.78, 5) is 10.4. The summed E-state index contributed by atoms with van der Waals surface area (Å²) in [6.45, 7) is 3.30. The SMILES string of the molecule is CNCCC1(CCC=O)CCNCC1. The minimum Gasteiger partial charge on any atom is -0.320 e. The van der Waals surface area contributed by atoms with Crippen LogP contribution in [0.4, 0.5) is 0 Å². The lowest BCUT2D eigenvalue weighted by Gasteiger charge is -2.37. The number of nitrogens with one attached hydrogen (secondary N) is 2. The Morgan fingerprint density at radius 2 is 2.07 bits per heavy atom. The molecule has 1 aliphatic heterocycles. The predicted molar refractivity (Wildman–Crippen MR) is 58.4 cm³/mol. The summed E-state index contributed by atoms with van der Waals surface area (Å²) in [7, 11) is 1.99.